The number of amides is 2. The molecule has 0 aliphatic heterocycles. The van der Waals surface area contributed by atoms with Gasteiger partial charge in [-0.15, -0.1) is 0 Å². The molecule has 0 saturated carbocycles. The predicted molar refractivity (Wildman–Crippen MR) is 116 cm³/mol. The second kappa shape index (κ2) is 8.80. The molecule has 3 rings (SSSR count). The summed E-state index contributed by atoms with van der Waals surface area (Å²) >= 11 is 6.07. The van der Waals surface area contributed by atoms with Crippen molar-refractivity contribution in [3.8, 4) is 5.75 Å². The summed E-state index contributed by atoms with van der Waals surface area (Å²) in [5.41, 5.74) is 0.366. The van der Waals surface area contributed by atoms with Crippen LogP contribution in [0.25, 0.3) is 0 Å². The summed E-state index contributed by atoms with van der Waals surface area (Å²) in [6.45, 7) is 3.39. The van der Waals surface area contributed by atoms with Crippen LogP contribution in [0.1, 0.15) is 24.2 Å². The van der Waals surface area contributed by atoms with Crippen LogP contribution in [0.15, 0.2) is 78.9 Å². The van der Waals surface area contributed by atoms with Crippen molar-refractivity contribution in [1.29, 1.82) is 0 Å². The standard InChI is InChI=1S/C23H21ClN2O3/c1-23(2,29-18-11-4-3-5-12-18)22(28)26-17-10-8-9-16(15-17)25-21(27)19-13-6-7-14-20(19)24/h3-15H,1-2H3,(H,25,27)(H,26,28). The maximum absolute atomic E-state index is 12.7. The molecule has 3 aromatic rings. The van der Waals surface area contributed by atoms with Crippen LogP contribution in [0.2, 0.25) is 5.02 Å². The van der Waals surface area contributed by atoms with Crippen LogP contribution in [0, 0.1) is 0 Å². The number of ether oxygens (including phenoxy) is 1. The average Bonchev–Trinajstić information content (AvgIpc) is 2.69. The molecule has 0 aliphatic carbocycles. The van der Waals surface area contributed by atoms with Crippen LogP contribution >= 0.6 is 11.6 Å². The monoisotopic (exact) mass is 408 g/mol. The molecule has 0 bridgehead atoms. The van der Waals surface area contributed by atoms with Crippen molar-refractivity contribution in [2.24, 2.45) is 0 Å². The molecular weight excluding hydrogens is 388 g/mol. The van der Waals surface area contributed by atoms with Gasteiger partial charge in [-0.1, -0.05) is 48.0 Å². The average molecular weight is 409 g/mol. The van der Waals surface area contributed by atoms with E-state index in [-0.39, 0.29) is 11.8 Å². The van der Waals surface area contributed by atoms with Crippen molar-refractivity contribution in [2.45, 2.75) is 19.4 Å². The molecule has 0 aliphatic rings. The Morgan fingerprint density at radius 2 is 1.45 bits per heavy atom. The molecule has 0 fully saturated rings. The number of nitrogens with one attached hydrogen (secondary N) is 2. The molecule has 5 nitrogen and oxygen atoms in total. The number of halogens is 1. The summed E-state index contributed by atoms with van der Waals surface area (Å²) in [5.74, 6) is -0.0313. The van der Waals surface area contributed by atoms with E-state index in [0.717, 1.165) is 0 Å². The number of benzene rings is 3. The highest BCUT2D eigenvalue weighted by atomic mass is 35.5. The van der Waals surface area contributed by atoms with Gasteiger partial charge in [0.05, 0.1) is 10.6 Å². The molecule has 0 spiro atoms. The Morgan fingerprint density at radius 1 is 0.828 bits per heavy atom. The van der Waals surface area contributed by atoms with E-state index in [4.69, 9.17) is 16.3 Å². The molecule has 3 aromatic carbocycles. The highest BCUT2D eigenvalue weighted by Gasteiger charge is 2.30. The Balaban J connectivity index is 1.68. The summed E-state index contributed by atoms with van der Waals surface area (Å²) in [7, 11) is 0. The Kier molecular flexibility index (Phi) is 6.20. The highest BCUT2D eigenvalue weighted by molar-refractivity contribution is 6.34. The second-order valence-corrected chi connectivity index (χ2v) is 7.30. The fraction of sp³-hybridized carbons (Fsp3) is 0.130. The zero-order valence-corrected chi connectivity index (χ0v) is 16.9. The third-order valence-electron chi connectivity index (χ3n) is 4.16. The van der Waals surface area contributed by atoms with Crippen molar-refractivity contribution < 1.29 is 14.3 Å². The minimum Gasteiger partial charge on any atom is -0.478 e. The molecule has 0 radical (unpaired) electrons. The van der Waals surface area contributed by atoms with Gasteiger partial charge in [-0.3, -0.25) is 9.59 Å². The lowest BCUT2D eigenvalue weighted by molar-refractivity contribution is -0.128. The quantitative estimate of drug-likeness (QED) is 0.574. The zero-order chi connectivity index (χ0) is 20.9. The topological polar surface area (TPSA) is 67.4 Å². The lowest BCUT2D eigenvalue weighted by Crippen LogP contribution is -2.42. The first-order chi connectivity index (χ1) is 13.8. The maximum atomic E-state index is 12.7. The molecule has 2 amide bonds. The number of carbonyl (C=O) groups is 2. The number of hydrogen-bond donors (Lipinski definition) is 2. The van der Waals surface area contributed by atoms with E-state index in [2.05, 4.69) is 10.6 Å². The molecule has 6 heteroatoms. The first kappa shape index (κ1) is 20.4. The summed E-state index contributed by atoms with van der Waals surface area (Å²) in [5, 5.41) is 5.98. The van der Waals surface area contributed by atoms with Gasteiger partial charge in [-0.2, -0.15) is 0 Å². The molecular formula is C23H21ClN2O3. The molecule has 0 atom stereocenters. The summed E-state index contributed by atoms with van der Waals surface area (Å²) in [6.07, 6.45) is 0. The Hall–Kier alpha value is -3.31. The highest BCUT2D eigenvalue weighted by Crippen LogP contribution is 2.22. The molecule has 0 aromatic heterocycles. The third-order valence-corrected chi connectivity index (χ3v) is 4.49. The zero-order valence-electron chi connectivity index (χ0n) is 16.1. The largest absolute Gasteiger partial charge is 0.478 e. The van der Waals surface area contributed by atoms with Gasteiger partial charge in [-0.05, 0) is 56.3 Å². The van der Waals surface area contributed by atoms with Crippen LogP contribution < -0.4 is 15.4 Å². The van der Waals surface area contributed by atoms with Crippen LogP contribution in [0.5, 0.6) is 5.75 Å². The van der Waals surface area contributed by atoms with E-state index in [1.165, 1.54) is 0 Å². The van der Waals surface area contributed by atoms with Gasteiger partial charge < -0.3 is 15.4 Å². The Bertz CT molecular complexity index is 1020. The van der Waals surface area contributed by atoms with Gasteiger partial charge in [0, 0.05) is 11.4 Å². The van der Waals surface area contributed by atoms with Gasteiger partial charge in [0.25, 0.3) is 11.8 Å². The first-order valence-corrected chi connectivity index (χ1v) is 9.44. The minimum atomic E-state index is -1.09. The van der Waals surface area contributed by atoms with Crippen LogP contribution in [0.4, 0.5) is 11.4 Å². The number of carbonyl (C=O) groups excluding carboxylic acids is 2. The van der Waals surface area contributed by atoms with Gasteiger partial charge in [0.1, 0.15) is 5.75 Å². The molecule has 0 unspecified atom stereocenters. The molecule has 29 heavy (non-hydrogen) atoms. The third kappa shape index (κ3) is 5.36. The number of hydrogen-bond acceptors (Lipinski definition) is 3. The van der Waals surface area contributed by atoms with E-state index in [1.807, 2.05) is 18.2 Å². The summed E-state index contributed by atoms with van der Waals surface area (Å²) < 4.78 is 5.81. The number of anilines is 2. The fourth-order valence-corrected chi connectivity index (χ4v) is 2.85. The SMILES string of the molecule is CC(C)(Oc1ccccc1)C(=O)Nc1cccc(NC(=O)c2ccccc2Cl)c1. The van der Waals surface area contributed by atoms with Crippen LogP contribution in [0.3, 0.4) is 0 Å². The minimum absolute atomic E-state index is 0.309. The number of rotatable bonds is 6. The molecule has 0 saturated heterocycles. The van der Waals surface area contributed by atoms with Crippen molar-refractivity contribution in [2.75, 3.05) is 10.6 Å². The van der Waals surface area contributed by atoms with Crippen LogP contribution in [-0.2, 0) is 4.79 Å². The van der Waals surface area contributed by atoms with Crippen LogP contribution in [-0.4, -0.2) is 17.4 Å². The van der Waals surface area contributed by atoms with E-state index < -0.39 is 5.60 Å². The van der Waals surface area contributed by atoms with Crippen molar-refractivity contribution in [3.05, 3.63) is 89.4 Å². The van der Waals surface area contributed by atoms with Gasteiger partial charge in [-0.25, -0.2) is 0 Å². The first-order valence-electron chi connectivity index (χ1n) is 9.06. The Labute approximate surface area is 174 Å². The van der Waals surface area contributed by atoms with E-state index in [1.54, 1.807) is 74.5 Å². The smallest absolute Gasteiger partial charge is 0.267 e. The fourth-order valence-electron chi connectivity index (χ4n) is 2.63. The second-order valence-electron chi connectivity index (χ2n) is 6.89. The van der Waals surface area contributed by atoms with Gasteiger partial charge in [0.15, 0.2) is 5.60 Å². The van der Waals surface area contributed by atoms with Gasteiger partial charge >= 0.3 is 0 Å². The molecule has 148 valence electrons. The lowest BCUT2D eigenvalue weighted by Gasteiger charge is -2.25. The van der Waals surface area contributed by atoms with Crippen molar-refractivity contribution in [3.63, 3.8) is 0 Å². The van der Waals surface area contributed by atoms with Crippen molar-refractivity contribution in [1.82, 2.24) is 0 Å². The Morgan fingerprint density at radius 3 is 2.14 bits per heavy atom. The van der Waals surface area contributed by atoms with E-state index in [0.29, 0.717) is 27.7 Å². The summed E-state index contributed by atoms with van der Waals surface area (Å²) in [6, 6.07) is 22.8. The normalized spacial score (nSPS) is 10.9. The van der Waals surface area contributed by atoms with Gasteiger partial charge in [0.2, 0.25) is 0 Å². The van der Waals surface area contributed by atoms with E-state index in [9.17, 15) is 9.59 Å². The predicted octanol–water partition coefficient (Wildman–Crippen LogP) is 5.39. The number of para-hydroxylation sites is 1. The summed E-state index contributed by atoms with van der Waals surface area (Å²) in [4.78, 5) is 25.1. The molecule has 0 heterocycles. The maximum Gasteiger partial charge on any atom is 0.267 e. The molecule has 2 N–H and O–H groups in total. The van der Waals surface area contributed by atoms with Crippen molar-refractivity contribution >= 4 is 34.8 Å². The lowest BCUT2D eigenvalue weighted by atomic mass is 10.1. The van der Waals surface area contributed by atoms with E-state index >= 15 is 0 Å².